The summed E-state index contributed by atoms with van der Waals surface area (Å²) < 4.78 is 0. The standard InChI is InChI=1S/C18H29N/c1-3-5-15-8-10-17(11-9-15)18(19)13-16-7-4-6-14(2)12-16/h4,6-7,12,15,17-18H,3,5,8-11,13,19H2,1-2H3. The molecule has 0 aromatic heterocycles. The molecule has 1 heteroatoms. The molecule has 0 spiro atoms. The van der Waals surface area contributed by atoms with Gasteiger partial charge in [0.15, 0.2) is 0 Å². The molecule has 0 bridgehead atoms. The van der Waals surface area contributed by atoms with Crippen LogP contribution in [-0.2, 0) is 6.42 Å². The average Bonchev–Trinajstić information content (AvgIpc) is 2.40. The molecule has 1 atom stereocenters. The van der Waals surface area contributed by atoms with Crippen LogP contribution in [-0.4, -0.2) is 6.04 Å². The lowest BCUT2D eigenvalue weighted by Crippen LogP contribution is -2.34. The lowest BCUT2D eigenvalue weighted by atomic mass is 9.76. The first-order chi connectivity index (χ1) is 9.19. The lowest BCUT2D eigenvalue weighted by Gasteiger charge is -2.32. The van der Waals surface area contributed by atoms with Crippen molar-refractivity contribution in [2.45, 2.75) is 64.8 Å². The van der Waals surface area contributed by atoms with Crippen LogP contribution in [0.5, 0.6) is 0 Å². The average molecular weight is 259 g/mol. The van der Waals surface area contributed by atoms with E-state index in [-0.39, 0.29) is 0 Å². The Hall–Kier alpha value is -0.820. The molecule has 106 valence electrons. The maximum Gasteiger partial charge on any atom is 0.0108 e. The molecule has 1 unspecified atom stereocenters. The van der Waals surface area contributed by atoms with Crippen molar-refractivity contribution in [1.82, 2.24) is 0 Å². The lowest BCUT2D eigenvalue weighted by molar-refractivity contribution is 0.232. The second kappa shape index (κ2) is 7.09. The van der Waals surface area contributed by atoms with Crippen LogP contribution in [0.3, 0.4) is 0 Å². The van der Waals surface area contributed by atoms with Crippen LogP contribution in [0.25, 0.3) is 0 Å². The highest BCUT2D eigenvalue weighted by atomic mass is 14.6. The minimum atomic E-state index is 0.351. The van der Waals surface area contributed by atoms with Crippen LogP contribution in [0.15, 0.2) is 24.3 Å². The monoisotopic (exact) mass is 259 g/mol. The quantitative estimate of drug-likeness (QED) is 0.829. The molecular weight excluding hydrogens is 230 g/mol. The molecule has 0 amide bonds. The van der Waals surface area contributed by atoms with Crippen molar-refractivity contribution in [2.24, 2.45) is 17.6 Å². The van der Waals surface area contributed by atoms with Crippen molar-refractivity contribution in [3.63, 3.8) is 0 Å². The fraction of sp³-hybridized carbons (Fsp3) is 0.667. The molecule has 2 rings (SSSR count). The molecule has 1 aliphatic carbocycles. The SMILES string of the molecule is CCCC1CCC(C(N)Cc2cccc(C)c2)CC1. The molecule has 1 aromatic carbocycles. The molecular formula is C18H29N. The summed E-state index contributed by atoms with van der Waals surface area (Å²) in [5.41, 5.74) is 9.20. The van der Waals surface area contributed by atoms with E-state index in [0.29, 0.717) is 6.04 Å². The molecule has 0 heterocycles. The highest BCUT2D eigenvalue weighted by molar-refractivity contribution is 5.23. The number of nitrogens with two attached hydrogens (primary N) is 1. The van der Waals surface area contributed by atoms with E-state index in [1.165, 1.54) is 49.7 Å². The van der Waals surface area contributed by atoms with Crippen LogP contribution < -0.4 is 5.73 Å². The van der Waals surface area contributed by atoms with Crippen LogP contribution in [0.1, 0.15) is 56.6 Å². The summed E-state index contributed by atoms with van der Waals surface area (Å²) in [6.45, 7) is 4.46. The topological polar surface area (TPSA) is 26.0 Å². The second-order valence-corrected chi connectivity index (χ2v) is 6.43. The summed E-state index contributed by atoms with van der Waals surface area (Å²) in [5, 5.41) is 0. The molecule has 1 aromatic rings. The third kappa shape index (κ3) is 4.35. The molecule has 0 radical (unpaired) electrons. The van der Waals surface area contributed by atoms with E-state index in [1.54, 1.807) is 0 Å². The Labute approximate surface area is 118 Å². The minimum absolute atomic E-state index is 0.351. The Morgan fingerprint density at radius 3 is 2.58 bits per heavy atom. The zero-order chi connectivity index (χ0) is 13.7. The zero-order valence-corrected chi connectivity index (χ0v) is 12.6. The van der Waals surface area contributed by atoms with E-state index in [9.17, 15) is 0 Å². The summed E-state index contributed by atoms with van der Waals surface area (Å²) in [4.78, 5) is 0. The largest absolute Gasteiger partial charge is 0.327 e. The molecule has 19 heavy (non-hydrogen) atoms. The maximum absolute atomic E-state index is 6.45. The van der Waals surface area contributed by atoms with Gasteiger partial charge in [-0.25, -0.2) is 0 Å². The second-order valence-electron chi connectivity index (χ2n) is 6.43. The first-order valence-corrected chi connectivity index (χ1v) is 8.00. The smallest absolute Gasteiger partial charge is 0.0108 e. The van der Waals surface area contributed by atoms with E-state index in [2.05, 4.69) is 38.1 Å². The van der Waals surface area contributed by atoms with Gasteiger partial charge in [-0.2, -0.15) is 0 Å². The van der Waals surface area contributed by atoms with Crippen LogP contribution in [0.2, 0.25) is 0 Å². The van der Waals surface area contributed by atoms with Crippen molar-refractivity contribution >= 4 is 0 Å². The third-order valence-corrected chi connectivity index (χ3v) is 4.75. The first kappa shape index (κ1) is 14.6. The van der Waals surface area contributed by atoms with Crippen LogP contribution >= 0.6 is 0 Å². The van der Waals surface area contributed by atoms with Gasteiger partial charge in [-0.1, -0.05) is 62.4 Å². The van der Waals surface area contributed by atoms with Crippen molar-refractivity contribution in [1.29, 1.82) is 0 Å². The Morgan fingerprint density at radius 2 is 1.95 bits per heavy atom. The minimum Gasteiger partial charge on any atom is -0.327 e. The summed E-state index contributed by atoms with van der Waals surface area (Å²) in [5.74, 6) is 1.72. The van der Waals surface area contributed by atoms with Gasteiger partial charge >= 0.3 is 0 Å². The van der Waals surface area contributed by atoms with E-state index in [1.807, 2.05) is 0 Å². The van der Waals surface area contributed by atoms with Crippen LogP contribution in [0.4, 0.5) is 0 Å². The number of aryl methyl sites for hydroxylation is 1. The normalized spacial score (nSPS) is 25.2. The van der Waals surface area contributed by atoms with E-state index in [0.717, 1.165) is 18.3 Å². The van der Waals surface area contributed by atoms with Gasteiger partial charge in [-0.15, -0.1) is 0 Å². The fourth-order valence-corrected chi connectivity index (χ4v) is 3.59. The van der Waals surface area contributed by atoms with Gasteiger partial charge in [-0.3, -0.25) is 0 Å². The van der Waals surface area contributed by atoms with Gasteiger partial charge in [0.1, 0.15) is 0 Å². The Morgan fingerprint density at radius 1 is 1.21 bits per heavy atom. The molecule has 2 N–H and O–H groups in total. The van der Waals surface area contributed by atoms with Crippen molar-refractivity contribution in [3.05, 3.63) is 35.4 Å². The summed E-state index contributed by atoms with van der Waals surface area (Å²) >= 11 is 0. The number of rotatable bonds is 5. The number of benzene rings is 1. The van der Waals surface area contributed by atoms with Crippen molar-refractivity contribution in [2.75, 3.05) is 0 Å². The Balaban J connectivity index is 1.82. The Bertz CT molecular complexity index is 377. The van der Waals surface area contributed by atoms with Gasteiger partial charge in [-0.05, 0) is 43.6 Å². The van der Waals surface area contributed by atoms with Gasteiger partial charge in [0.05, 0.1) is 0 Å². The van der Waals surface area contributed by atoms with Crippen molar-refractivity contribution in [3.8, 4) is 0 Å². The first-order valence-electron chi connectivity index (χ1n) is 8.00. The van der Waals surface area contributed by atoms with Gasteiger partial charge in [0.25, 0.3) is 0 Å². The predicted molar refractivity (Wildman–Crippen MR) is 83.2 cm³/mol. The van der Waals surface area contributed by atoms with E-state index >= 15 is 0 Å². The molecule has 1 nitrogen and oxygen atoms in total. The summed E-state index contributed by atoms with van der Waals surface area (Å²) in [6.07, 6.45) is 9.30. The van der Waals surface area contributed by atoms with E-state index < -0.39 is 0 Å². The molecule has 1 fully saturated rings. The molecule has 1 aliphatic rings. The number of hydrogen-bond donors (Lipinski definition) is 1. The summed E-state index contributed by atoms with van der Waals surface area (Å²) in [7, 11) is 0. The molecule has 0 aliphatic heterocycles. The van der Waals surface area contributed by atoms with Crippen LogP contribution in [0, 0.1) is 18.8 Å². The Kier molecular flexibility index (Phi) is 5.45. The van der Waals surface area contributed by atoms with Gasteiger partial charge < -0.3 is 5.73 Å². The zero-order valence-electron chi connectivity index (χ0n) is 12.6. The predicted octanol–water partition coefficient (Wildman–Crippen LogP) is 4.47. The highest BCUT2D eigenvalue weighted by Gasteiger charge is 2.25. The third-order valence-electron chi connectivity index (χ3n) is 4.75. The highest BCUT2D eigenvalue weighted by Crippen LogP contribution is 2.33. The molecule has 0 saturated heterocycles. The van der Waals surface area contributed by atoms with Gasteiger partial charge in [0, 0.05) is 6.04 Å². The van der Waals surface area contributed by atoms with E-state index in [4.69, 9.17) is 5.73 Å². The fourth-order valence-electron chi connectivity index (χ4n) is 3.59. The summed E-state index contributed by atoms with van der Waals surface area (Å²) in [6, 6.07) is 9.16. The maximum atomic E-state index is 6.45. The number of hydrogen-bond acceptors (Lipinski definition) is 1. The molecule has 1 saturated carbocycles. The van der Waals surface area contributed by atoms with Gasteiger partial charge in [0.2, 0.25) is 0 Å². The van der Waals surface area contributed by atoms with Crippen molar-refractivity contribution < 1.29 is 0 Å².